The predicted octanol–water partition coefficient (Wildman–Crippen LogP) is 2.70. The molecule has 5 atom stereocenters. The maximum absolute atomic E-state index is 11.8. The van der Waals surface area contributed by atoms with Gasteiger partial charge in [-0.05, 0) is 43.9 Å². The third-order valence-electron chi connectivity index (χ3n) is 6.26. The first-order valence-corrected chi connectivity index (χ1v) is 9.33. The van der Waals surface area contributed by atoms with E-state index in [9.17, 15) is 4.79 Å². The number of hydrogen-bond acceptors (Lipinski definition) is 3. The first-order chi connectivity index (χ1) is 10.7. The Labute approximate surface area is 134 Å². The van der Waals surface area contributed by atoms with Crippen molar-refractivity contribution in [3.63, 3.8) is 0 Å². The second-order valence-electron chi connectivity index (χ2n) is 7.67. The zero-order chi connectivity index (χ0) is 15.5. The standard InChI is InChI=1S/C18H32N2O2/c1-13-6-2-5-9-17(13)22-11-10-20-15-8-4-3-7-14(15)12-16(20)18(19)21/h13-17H,2-12H2,1H3,(H2,19,21)/t13-,14+,15-,16+,17+/m1/s1. The number of nitrogens with zero attached hydrogens (tertiary/aromatic N) is 1. The Hall–Kier alpha value is -0.610. The molecule has 126 valence electrons. The molecule has 3 aliphatic rings. The number of ether oxygens (including phenoxy) is 1. The van der Waals surface area contributed by atoms with E-state index >= 15 is 0 Å². The summed E-state index contributed by atoms with van der Waals surface area (Å²) < 4.78 is 6.17. The molecule has 0 unspecified atom stereocenters. The van der Waals surface area contributed by atoms with Crippen LogP contribution in [0.25, 0.3) is 0 Å². The molecule has 0 aromatic carbocycles. The van der Waals surface area contributed by atoms with Crippen molar-refractivity contribution in [2.75, 3.05) is 13.2 Å². The molecule has 1 amide bonds. The van der Waals surface area contributed by atoms with Crippen LogP contribution in [-0.4, -0.2) is 42.1 Å². The summed E-state index contributed by atoms with van der Waals surface area (Å²) in [5.74, 6) is 1.22. The monoisotopic (exact) mass is 308 g/mol. The van der Waals surface area contributed by atoms with Gasteiger partial charge in [0.05, 0.1) is 18.8 Å². The average Bonchev–Trinajstić information content (AvgIpc) is 2.88. The van der Waals surface area contributed by atoms with Gasteiger partial charge in [0.25, 0.3) is 0 Å². The van der Waals surface area contributed by atoms with Crippen LogP contribution in [0.5, 0.6) is 0 Å². The molecule has 1 aliphatic heterocycles. The minimum atomic E-state index is -0.138. The number of carbonyl (C=O) groups excluding carboxylic acids is 1. The van der Waals surface area contributed by atoms with E-state index in [1.165, 1.54) is 51.4 Å². The van der Waals surface area contributed by atoms with Gasteiger partial charge in [-0.2, -0.15) is 0 Å². The Morgan fingerprint density at radius 1 is 1.14 bits per heavy atom. The van der Waals surface area contributed by atoms with E-state index in [1.54, 1.807) is 0 Å². The molecule has 2 aliphatic carbocycles. The van der Waals surface area contributed by atoms with Crippen LogP contribution >= 0.6 is 0 Å². The molecule has 22 heavy (non-hydrogen) atoms. The Kier molecular flexibility index (Phi) is 5.40. The van der Waals surface area contributed by atoms with E-state index in [4.69, 9.17) is 10.5 Å². The van der Waals surface area contributed by atoms with Crippen LogP contribution in [0.15, 0.2) is 0 Å². The van der Waals surface area contributed by atoms with E-state index < -0.39 is 0 Å². The van der Waals surface area contributed by atoms with Crippen LogP contribution in [0.3, 0.4) is 0 Å². The van der Waals surface area contributed by atoms with Crippen LogP contribution in [0.2, 0.25) is 0 Å². The molecule has 0 bridgehead atoms. The summed E-state index contributed by atoms with van der Waals surface area (Å²) in [6, 6.07) is 0.513. The molecule has 2 N–H and O–H groups in total. The third kappa shape index (κ3) is 3.48. The van der Waals surface area contributed by atoms with E-state index in [1.807, 2.05) is 0 Å². The summed E-state index contributed by atoms with van der Waals surface area (Å²) in [6.45, 7) is 3.93. The Balaban J connectivity index is 1.53. The summed E-state index contributed by atoms with van der Waals surface area (Å²) in [6.07, 6.45) is 11.6. The normalized spacial score (nSPS) is 39.6. The highest BCUT2D eigenvalue weighted by molar-refractivity contribution is 5.80. The first kappa shape index (κ1) is 16.3. The lowest BCUT2D eigenvalue weighted by atomic mass is 9.85. The van der Waals surface area contributed by atoms with Crippen LogP contribution in [0, 0.1) is 11.8 Å². The summed E-state index contributed by atoms with van der Waals surface area (Å²) >= 11 is 0. The highest BCUT2D eigenvalue weighted by Gasteiger charge is 2.44. The lowest BCUT2D eigenvalue weighted by Crippen LogP contribution is -2.46. The Morgan fingerprint density at radius 2 is 1.86 bits per heavy atom. The molecule has 3 fully saturated rings. The lowest BCUT2D eigenvalue weighted by Gasteiger charge is -2.34. The van der Waals surface area contributed by atoms with Crippen molar-refractivity contribution >= 4 is 5.91 Å². The Bertz CT molecular complexity index is 387. The van der Waals surface area contributed by atoms with Gasteiger partial charge < -0.3 is 10.5 Å². The smallest absolute Gasteiger partial charge is 0.234 e. The number of amides is 1. The number of likely N-dealkylation sites (tertiary alicyclic amines) is 1. The van der Waals surface area contributed by atoms with Gasteiger partial charge in [-0.1, -0.05) is 32.6 Å². The largest absolute Gasteiger partial charge is 0.377 e. The fraction of sp³-hybridized carbons (Fsp3) is 0.944. The number of rotatable bonds is 5. The minimum Gasteiger partial charge on any atom is -0.377 e. The van der Waals surface area contributed by atoms with Crippen LogP contribution in [0.1, 0.15) is 64.7 Å². The van der Waals surface area contributed by atoms with Gasteiger partial charge in [-0.25, -0.2) is 0 Å². The summed E-state index contributed by atoms with van der Waals surface area (Å²) in [4.78, 5) is 14.2. The molecule has 4 heteroatoms. The molecule has 4 nitrogen and oxygen atoms in total. The topological polar surface area (TPSA) is 55.6 Å². The molecule has 0 spiro atoms. The number of nitrogens with two attached hydrogens (primary N) is 1. The van der Waals surface area contributed by atoms with E-state index in [0.717, 1.165) is 19.6 Å². The van der Waals surface area contributed by atoms with Gasteiger partial charge in [0, 0.05) is 12.6 Å². The highest BCUT2D eigenvalue weighted by Crippen LogP contribution is 2.39. The average molecular weight is 308 g/mol. The van der Waals surface area contributed by atoms with Gasteiger partial charge in [0.15, 0.2) is 0 Å². The maximum atomic E-state index is 11.8. The predicted molar refractivity (Wildman–Crippen MR) is 87.4 cm³/mol. The lowest BCUT2D eigenvalue weighted by molar-refractivity contribution is -0.123. The molecule has 0 aromatic rings. The SMILES string of the molecule is C[C@@H]1CCCC[C@@H]1OCCN1[C@@H]2CCCC[C@H]2C[C@H]1C(N)=O. The summed E-state index contributed by atoms with van der Waals surface area (Å²) in [5, 5.41) is 0. The summed E-state index contributed by atoms with van der Waals surface area (Å²) in [5.41, 5.74) is 5.66. The second kappa shape index (κ2) is 7.31. The number of primary amides is 1. The minimum absolute atomic E-state index is 0.0551. The van der Waals surface area contributed by atoms with E-state index in [2.05, 4.69) is 11.8 Å². The molecule has 1 heterocycles. The van der Waals surface area contributed by atoms with E-state index in [0.29, 0.717) is 24.0 Å². The molecule has 0 radical (unpaired) electrons. The molecular weight excluding hydrogens is 276 g/mol. The van der Waals surface area contributed by atoms with Crippen LogP contribution in [0.4, 0.5) is 0 Å². The zero-order valence-electron chi connectivity index (χ0n) is 14.0. The number of carbonyl (C=O) groups is 1. The van der Waals surface area contributed by atoms with Crippen molar-refractivity contribution in [1.82, 2.24) is 4.90 Å². The molecule has 3 rings (SSSR count). The van der Waals surface area contributed by atoms with Gasteiger partial charge >= 0.3 is 0 Å². The van der Waals surface area contributed by atoms with Crippen molar-refractivity contribution in [2.24, 2.45) is 17.6 Å². The maximum Gasteiger partial charge on any atom is 0.234 e. The molecule has 1 saturated heterocycles. The number of hydrogen-bond donors (Lipinski definition) is 1. The van der Waals surface area contributed by atoms with Gasteiger partial charge in [-0.15, -0.1) is 0 Å². The third-order valence-corrected chi connectivity index (χ3v) is 6.26. The number of fused-ring (bicyclic) bond motifs is 1. The Morgan fingerprint density at radius 3 is 2.64 bits per heavy atom. The van der Waals surface area contributed by atoms with Gasteiger partial charge in [-0.3, -0.25) is 9.69 Å². The van der Waals surface area contributed by atoms with Crippen LogP contribution in [-0.2, 0) is 9.53 Å². The summed E-state index contributed by atoms with van der Waals surface area (Å²) in [7, 11) is 0. The van der Waals surface area contributed by atoms with Crippen molar-refractivity contribution in [1.29, 1.82) is 0 Å². The molecule has 0 aromatic heterocycles. The highest BCUT2D eigenvalue weighted by atomic mass is 16.5. The first-order valence-electron chi connectivity index (χ1n) is 9.33. The zero-order valence-corrected chi connectivity index (χ0v) is 14.0. The molecular formula is C18H32N2O2. The van der Waals surface area contributed by atoms with Crippen molar-refractivity contribution < 1.29 is 9.53 Å². The van der Waals surface area contributed by atoms with Crippen LogP contribution < -0.4 is 5.73 Å². The van der Waals surface area contributed by atoms with Crippen molar-refractivity contribution in [3.05, 3.63) is 0 Å². The van der Waals surface area contributed by atoms with E-state index in [-0.39, 0.29) is 11.9 Å². The fourth-order valence-electron chi connectivity index (χ4n) is 4.99. The van der Waals surface area contributed by atoms with Gasteiger partial charge in [0.2, 0.25) is 5.91 Å². The van der Waals surface area contributed by atoms with Gasteiger partial charge in [0.1, 0.15) is 0 Å². The molecule has 2 saturated carbocycles. The fourth-order valence-corrected chi connectivity index (χ4v) is 4.99. The van der Waals surface area contributed by atoms with Crippen molar-refractivity contribution in [3.8, 4) is 0 Å². The van der Waals surface area contributed by atoms with Crippen molar-refractivity contribution in [2.45, 2.75) is 82.9 Å². The second-order valence-corrected chi connectivity index (χ2v) is 7.67. The quantitative estimate of drug-likeness (QED) is 0.849.